The average Bonchev–Trinajstić information content (AvgIpc) is 2.26. The van der Waals surface area contributed by atoms with Crippen LogP contribution in [0.25, 0.3) is 0 Å². The van der Waals surface area contributed by atoms with Gasteiger partial charge in [0.25, 0.3) is 0 Å². The van der Waals surface area contributed by atoms with Gasteiger partial charge in [-0.05, 0) is 26.7 Å². The van der Waals surface area contributed by atoms with E-state index in [1.807, 2.05) is 6.92 Å². The Kier molecular flexibility index (Phi) is 2.68. The Labute approximate surface area is 88.4 Å². The SMILES string of the molecule is Cc1nc(CC(=O)C2CCC2)sc1C. The fourth-order valence-corrected chi connectivity index (χ4v) is 2.58. The lowest BCUT2D eigenvalue weighted by Gasteiger charge is -2.23. The minimum atomic E-state index is 0.347. The van der Waals surface area contributed by atoms with Crippen LogP contribution in [0, 0.1) is 19.8 Å². The van der Waals surface area contributed by atoms with Crippen molar-refractivity contribution in [2.75, 3.05) is 0 Å². The van der Waals surface area contributed by atoms with E-state index in [1.165, 1.54) is 11.3 Å². The Bertz CT molecular complexity index is 333. The molecule has 0 bridgehead atoms. The third kappa shape index (κ3) is 1.87. The Balaban J connectivity index is 1.99. The fourth-order valence-electron chi connectivity index (χ4n) is 1.64. The predicted molar refractivity (Wildman–Crippen MR) is 57.6 cm³/mol. The summed E-state index contributed by atoms with van der Waals surface area (Å²) in [5.74, 6) is 0.740. The number of Topliss-reactive ketones (excluding diaryl/α,β-unsaturated/α-hetero) is 1. The zero-order valence-electron chi connectivity index (χ0n) is 8.67. The highest BCUT2D eigenvalue weighted by Crippen LogP contribution is 2.29. The van der Waals surface area contributed by atoms with E-state index >= 15 is 0 Å². The molecule has 1 heterocycles. The van der Waals surface area contributed by atoms with Gasteiger partial charge in [0, 0.05) is 10.8 Å². The van der Waals surface area contributed by atoms with E-state index in [-0.39, 0.29) is 0 Å². The van der Waals surface area contributed by atoms with E-state index in [9.17, 15) is 4.79 Å². The van der Waals surface area contributed by atoms with Crippen molar-refractivity contribution in [3.63, 3.8) is 0 Å². The van der Waals surface area contributed by atoms with Crippen molar-refractivity contribution in [2.45, 2.75) is 39.5 Å². The zero-order chi connectivity index (χ0) is 10.1. The Morgan fingerprint density at radius 3 is 2.64 bits per heavy atom. The molecule has 2 rings (SSSR count). The van der Waals surface area contributed by atoms with Crippen LogP contribution in [0.15, 0.2) is 0 Å². The lowest BCUT2D eigenvalue weighted by atomic mass is 9.81. The van der Waals surface area contributed by atoms with Crippen molar-refractivity contribution in [1.29, 1.82) is 0 Å². The van der Waals surface area contributed by atoms with Crippen molar-refractivity contribution in [1.82, 2.24) is 4.98 Å². The molecule has 2 nitrogen and oxygen atoms in total. The fraction of sp³-hybridized carbons (Fsp3) is 0.636. The van der Waals surface area contributed by atoms with Crippen LogP contribution in [0.3, 0.4) is 0 Å². The Morgan fingerprint density at radius 2 is 2.21 bits per heavy atom. The number of rotatable bonds is 3. The molecule has 76 valence electrons. The number of ketones is 1. The first-order valence-electron chi connectivity index (χ1n) is 5.12. The molecule has 0 saturated heterocycles. The second-order valence-electron chi connectivity index (χ2n) is 4.02. The standard InChI is InChI=1S/C11H15NOS/c1-7-8(2)14-11(12-7)6-10(13)9-4-3-5-9/h9H,3-6H2,1-2H3. The molecule has 0 radical (unpaired) electrons. The number of hydrogen-bond acceptors (Lipinski definition) is 3. The van der Waals surface area contributed by atoms with E-state index in [2.05, 4.69) is 11.9 Å². The number of carbonyl (C=O) groups is 1. The molecular formula is C11H15NOS. The molecule has 1 aromatic rings. The van der Waals surface area contributed by atoms with Gasteiger partial charge < -0.3 is 0 Å². The molecule has 14 heavy (non-hydrogen) atoms. The molecule has 0 aromatic carbocycles. The molecule has 1 saturated carbocycles. The van der Waals surface area contributed by atoms with E-state index in [0.717, 1.165) is 23.5 Å². The summed E-state index contributed by atoms with van der Waals surface area (Å²) >= 11 is 1.66. The highest BCUT2D eigenvalue weighted by Gasteiger charge is 2.25. The quantitative estimate of drug-likeness (QED) is 0.766. The van der Waals surface area contributed by atoms with Gasteiger partial charge in [0.15, 0.2) is 0 Å². The molecule has 3 heteroatoms. The monoisotopic (exact) mass is 209 g/mol. The van der Waals surface area contributed by atoms with Gasteiger partial charge in [0.2, 0.25) is 0 Å². The van der Waals surface area contributed by atoms with Gasteiger partial charge in [-0.3, -0.25) is 4.79 Å². The molecule has 0 aliphatic heterocycles. The molecule has 1 aliphatic rings. The zero-order valence-corrected chi connectivity index (χ0v) is 9.49. The molecule has 1 aliphatic carbocycles. The van der Waals surface area contributed by atoms with Crippen LogP contribution in [0.2, 0.25) is 0 Å². The number of hydrogen-bond donors (Lipinski definition) is 0. The molecule has 0 atom stereocenters. The minimum absolute atomic E-state index is 0.347. The number of aromatic nitrogens is 1. The maximum atomic E-state index is 11.7. The maximum absolute atomic E-state index is 11.7. The van der Waals surface area contributed by atoms with Gasteiger partial charge in [0.1, 0.15) is 10.8 Å². The highest BCUT2D eigenvalue weighted by atomic mass is 32.1. The molecular weight excluding hydrogens is 194 g/mol. The van der Waals surface area contributed by atoms with Crippen LogP contribution in [0.5, 0.6) is 0 Å². The first-order chi connectivity index (χ1) is 6.66. The molecule has 0 amide bonds. The summed E-state index contributed by atoms with van der Waals surface area (Å²) < 4.78 is 0. The third-order valence-corrected chi connectivity index (χ3v) is 4.03. The van der Waals surface area contributed by atoms with E-state index in [4.69, 9.17) is 0 Å². The van der Waals surface area contributed by atoms with E-state index in [1.54, 1.807) is 11.3 Å². The van der Waals surface area contributed by atoms with Crippen molar-refractivity contribution in [3.05, 3.63) is 15.6 Å². The van der Waals surface area contributed by atoms with Crippen molar-refractivity contribution in [2.24, 2.45) is 5.92 Å². The second-order valence-corrected chi connectivity index (χ2v) is 5.31. The van der Waals surface area contributed by atoms with Crippen molar-refractivity contribution in [3.8, 4) is 0 Å². The number of aryl methyl sites for hydroxylation is 2. The number of carbonyl (C=O) groups excluding carboxylic acids is 1. The summed E-state index contributed by atoms with van der Waals surface area (Å²) in [6, 6.07) is 0. The molecule has 0 unspecified atom stereocenters. The van der Waals surface area contributed by atoms with Crippen molar-refractivity contribution < 1.29 is 4.79 Å². The van der Waals surface area contributed by atoms with Gasteiger partial charge in [-0.25, -0.2) is 4.98 Å². The van der Waals surface area contributed by atoms with E-state index < -0.39 is 0 Å². The summed E-state index contributed by atoms with van der Waals surface area (Å²) in [7, 11) is 0. The smallest absolute Gasteiger partial charge is 0.142 e. The number of nitrogens with zero attached hydrogens (tertiary/aromatic N) is 1. The normalized spacial score (nSPS) is 16.7. The highest BCUT2D eigenvalue weighted by molar-refractivity contribution is 7.11. The average molecular weight is 209 g/mol. The summed E-state index contributed by atoms with van der Waals surface area (Å²) in [4.78, 5) is 17.3. The predicted octanol–water partition coefficient (Wildman–Crippen LogP) is 2.67. The molecule has 1 fully saturated rings. The van der Waals surface area contributed by atoms with Crippen LogP contribution < -0.4 is 0 Å². The van der Waals surface area contributed by atoms with Crippen molar-refractivity contribution >= 4 is 17.1 Å². The van der Waals surface area contributed by atoms with Crippen LogP contribution in [-0.2, 0) is 11.2 Å². The Hall–Kier alpha value is -0.700. The first kappa shape index (κ1) is 9.84. The van der Waals surface area contributed by atoms with Gasteiger partial charge in [0.05, 0.1) is 12.1 Å². The van der Waals surface area contributed by atoms with Crippen LogP contribution in [0.1, 0.15) is 34.8 Å². The number of thiazole rings is 1. The van der Waals surface area contributed by atoms with Crippen LogP contribution in [-0.4, -0.2) is 10.8 Å². The van der Waals surface area contributed by atoms with Gasteiger partial charge in [-0.1, -0.05) is 6.42 Å². The maximum Gasteiger partial charge on any atom is 0.142 e. The first-order valence-corrected chi connectivity index (χ1v) is 5.94. The summed E-state index contributed by atoms with van der Waals surface area (Å²) in [5.41, 5.74) is 1.08. The van der Waals surface area contributed by atoms with E-state index in [0.29, 0.717) is 18.1 Å². The summed E-state index contributed by atoms with van der Waals surface area (Å²) in [6.07, 6.45) is 3.99. The molecule has 0 spiro atoms. The molecule has 0 N–H and O–H groups in total. The van der Waals surface area contributed by atoms with Crippen LogP contribution in [0.4, 0.5) is 0 Å². The van der Waals surface area contributed by atoms with Gasteiger partial charge in [-0.15, -0.1) is 11.3 Å². The lowest BCUT2D eigenvalue weighted by Crippen LogP contribution is -2.23. The Morgan fingerprint density at radius 1 is 1.50 bits per heavy atom. The minimum Gasteiger partial charge on any atom is -0.299 e. The van der Waals surface area contributed by atoms with Gasteiger partial charge in [-0.2, -0.15) is 0 Å². The third-order valence-electron chi connectivity index (χ3n) is 2.96. The second kappa shape index (κ2) is 3.81. The largest absolute Gasteiger partial charge is 0.299 e. The van der Waals surface area contributed by atoms with Crippen LogP contribution >= 0.6 is 11.3 Å². The van der Waals surface area contributed by atoms with Gasteiger partial charge >= 0.3 is 0 Å². The molecule has 1 aromatic heterocycles. The summed E-state index contributed by atoms with van der Waals surface area (Å²) in [5, 5.41) is 0.997. The topological polar surface area (TPSA) is 30.0 Å². The lowest BCUT2D eigenvalue weighted by molar-refractivity contribution is -0.124. The summed E-state index contributed by atoms with van der Waals surface area (Å²) in [6.45, 7) is 4.06.